The van der Waals surface area contributed by atoms with E-state index in [1.165, 1.54) is 186 Å². The number of rotatable bonds is 31. The lowest BCUT2D eigenvalue weighted by Gasteiger charge is -2.03. The fourth-order valence-corrected chi connectivity index (χ4v) is 5.08. The first-order chi connectivity index (χ1) is 17.9. The zero-order valence-electron chi connectivity index (χ0n) is 25.4. The average Bonchev–Trinajstić information content (AvgIpc) is 2.89. The van der Waals surface area contributed by atoms with Gasteiger partial charge < -0.3 is 0 Å². The summed E-state index contributed by atoms with van der Waals surface area (Å²) in [6.07, 6.45) is 52.9. The number of allylic oxidation sites excluding steroid dienone is 4. The molecule has 0 aromatic carbocycles. The van der Waals surface area contributed by atoms with Crippen molar-refractivity contribution in [2.24, 2.45) is 0 Å². The van der Waals surface area contributed by atoms with E-state index in [4.69, 9.17) is 0 Å². The molecule has 0 aliphatic rings. The van der Waals surface area contributed by atoms with Crippen LogP contribution in [0.4, 0.5) is 0 Å². The van der Waals surface area contributed by atoms with E-state index < -0.39 is 0 Å². The molecule has 1 radical (unpaired) electrons. The Morgan fingerprint density at radius 3 is 0.944 bits per heavy atom. The third kappa shape index (κ3) is 33.5. The van der Waals surface area contributed by atoms with Gasteiger partial charge in [-0.25, -0.2) is 0 Å². The van der Waals surface area contributed by atoms with E-state index in [0.29, 0.717) is 0 Å². The lowest BCUT2D eigenvalue weighted by molar-refractivity contribution is 0.536. The van der Waals surface area contributed by atoms with Crippen molar-refractivity contribution < 1.29 is 0 Å². The first-order valence-corrected chi connectivity index (χ1v) is 17.0. The Hall–Kier alpha value is -0.520. The van der Waals surface area contributed by atoms with E-state index in [9.17, 15) is 0 Å². The lowest BCUT2D eigenvalue weighted by Crippen LogP contribution is -1.83. The van der Waals surface area contributed by atoms with Crippen LogP contribution in [0, 0.1) is 6.42 Å². The predicted octanol–water partition coefficient (Wildman–Crippen LogP) is 13.7. The molecule has 0 heteroatoms. The molecular formula is C36H69. The highest BCUT2D eigenvalue weighted by atomic mass is 14.0. The molecule has 0 spiro atoms. The smallest absolute Gasteiger partial charge is 0.0171 e. The Bertz CT molecular complexity index is 418. The van der Waals surface area contributed by atoms with Crippen LogP contribution in [0.5, 0.6) is 0 Å². The molecule has 0 heterocycles. The van der Waals surface area contributed by atoms with Gasteiger partial charge in [-0.15, -0.1) is 0 Å². The molecule has 36 heavy (non-hydrogen) atoms. The number of hydrogen-bond donors (Lipinski definition) is 0. The molecule has 0 aromatic rings. The van der Waals surface area contributed by atoms with Crippen LogP contribution in [0.2, 0.25) is 0 Å². The molecule has 0 fully saturated rings. The lowest BCUT2D eigenvalue weighted by atomic mass is 10.0. The van der Waals surface area contributed by atoms with Gasteiger partial charge in [-0.3, -0.25) is 0 Å². The van der Waals surface area contributed by atoms with Gasteiger partial charge in [0.2, 0.25) is 0 Å². The molecular weight excluding hydrogens is 432 g/mol. The summed E-state index contributed by atoms with van der Waals surface area (Å²) in [5, 5.41) is 0. The van der Waals surface area contributed by atoms with Gasteiger partial charge in [-0.05, 0) is 51.4 Å². The molecule has 0 atom stereocenters. The van der Waals surface area contributed by atoms with Crippen LogP contribution in [0.1, 0.15) is 200 Å². The molecule has 213 valence electrons. The van der Waals surface area contributed by atoms with Gasteiger partial charge >= 0.3 is 0 Å². The summed E-state index contributed by atoms with van der Waals surface area (Å²) in [5.74, 6) is 0. The molecule has 0 N–H and O–H groups in total. The van der Waals surface area contributed by atoms with Gasteiger partial charge in [0.25, 0.3) is 0 Å². The predicted molar refractivity (Wildman–Crippen MR) is 168 cm³/mol. The van der Waals surface area contributed by atoms with Crippen molar-refractivity contribution in [3.8, 4) is 0 Å². The highest BCUT2D eigenvalue weighted by Gasteiger charge is 1.95. The molecule has 0 rings (SSSR count). The molecule has 0 aliphatic heterocycles. The Labute approximate surface area is 230 Å². The maximum Gasteiger partial charge on any atom is -0.0171 e. The van der Waals surface area contributed by atoms with Crippen molar-refractivity contribution in [2.75, 3.05) is 0 Å². The second kappa shape index (κ2) is 34.5. The fraction of sp³-hybridized carbons (Fsp3) is 0.861. The maximum atomic E-state index is 2.43. The Balaban J connectivity index is 3.11. The monoisotopic (exact) mass is 502 g/mol. The number of unbranched alkanes of at least 4 members (excludes halogenated alkanes) is 27. The van der Waals surface area contributed by atoms with Crippen LogP contribution in [-0.4, -0.2) is 0 Å². The van der Waals surface area contributed by atoms with Crippen molar-refractivity contribution in [1.82, 2.24) is 0 Å². The van der Waals surface area contributed by atoms with Crippen molar-refractivity contribution in [1.29, 1.82) is 0 Å². The Kier molecular flexibility index (Phi) is 34.0. The van der Waals surface area contributed by atoms with Gasteiger partial charge in [0.05, 0.1) is 0 Å². The second-order valence-corrected chi connectivity index (χ2v) is 11.4. The van der Waals surface area contributed by atoms with Gasteiger partial charge in [0.1, 0.15) is 0 Å². The van der Waals surface area contributed by atoms with E-state index in [1.54, 1.807) is 0 Å². The topological polar surface area (TPSA) is 0 Å². The van der Waals surface area contributed by atoms with Gasteiger partial charge in [-0.1, -0.05) is 179 Å². The third-order valence-corrected chi connectivity index (χ3v) is 7.63. The Morgan fingerprint density at radius 1 is 0.278 bits per heavy atom. The van der Waals surface area contributed by atoms with Crippen LogP contribution >= 0.6 is 0 Å². The second-order valence-electron chi connectivity index (χ2n) is 11.4. The Morgan fingerprint density at radius 2 is 0.556 bits per heavy atom. The maximum absolute atomic E-state index is 2.43. The first-order valence-electron chi connectivity index (χ1n) is 17.0. The molecule has 0 amide bonds. The van der Waals surface area contributed by atoms with Crippen LogP contribution < -0.4 is 0 Å². The first kappa shape index (κ1) is 35.5. The van der Waals surface area contributed by atoms with Crippen molar-refractivity contribution in [3.05, 3.63) is 30.7 Å². The van der Waals surface area contributed by atoms with Crippen molar-refractivity contribution in [3.63, 3.8) is 0 Å². The summed E-state index contributed by atoms with van der Waals surface area (Å²) < 4.78 is 0. The van der Waals surface area contributed by atoms with E-state index in [-0.39, 0.29) is 0 Å². The summed E-state index contributed by atoms with van der Waals surface area (Å²) >= 11 is 0. The normalized spacial score (nSPS) is 11.9. The third-order valence-electron chi connectivity index (χ3n) is 7.63. The largest absolute Gasteiger partial charge is 0.0885 e. The average molecular weight is 502 g/mol. The van der Waals surface area contributed by atoms with Gasteiger partial charge in [0, 0.05) is 0 Å². The summed E-state index contributed by atoms with van der Waals surface area (Å²) in [5.41, 5.74) is 0. The SMILES string of the molecule is CCCCCC/C=C\CCCCCCCCC[CH]C=CCCCCCCCCCCCCCCCC. The zero-order valence-corrected chi connectivity index (χ0v) is 25.4. The highest BCUT2D eigenvalue weighted by molar-refractivity contribution is 4.94. The minimum atomic E-state index is 1.28. The van der Waals surface area contributed by atoms with E-state index >= 15 is 0 Å². The quantitative estimate of drug-likeness (QED) is 0.0654. The van der Waals surface area contributed by atoms with Crippen molar-refractivity contribution in [2.45, 2.75) is 200 Å². The summed E-state index contributed by atoms with van der Waals surface area (Å²) in [6.45, 7) is 4.59. The molecule has 0 aromatic heterocycles. The van der Waals surface area contributed by atoms with Crippen molar-refractivity contribution >= 4 is 0 Å². The molecule has 0 saturated heterocycles. The van der Waals surface area contributed by atoms with Crippen LogP contribution in [-0.2, 0) is 0 Å². The molecule has 0 aliphatic carbocycles. The highest BCUT2D eigenvalue weighted by Crippen LogP contribution is 2.14. The minimum absolute atomic E-state index is 1.28. The van der Waals surface area contributed by atoms with Crippen LogP contribution in [0.25, 0.3) is 0 Å². The van der Waals surface area contributed by atoms with Crippen LogP contribution in [0.3, 0.4) is 0 Å². The molecule has 0 bridgehead atoms. The summed E-state index contributed by atoms with van der Waals surface area (Å²) in [6, 6.07) is 0. The summed E-state index contributed by atoms with van der Waals surface area (Å²) in [7, 11) is 0. The number of hydrogen-bond acceptors (Lipinski definition) is 0. The molecule has 0 nitrogen and oxygen atoms in total. The van der Waals surface area contributed by atoms with Gasteiger partial charge in [-0.2, -0.15) is 0 Å². The van der Waals surface area contributed by atoms with E-state index in [1.807, 2.05) is 0 Å². The minimum Gasteiger partial charge on any atom is -0.0885 e. The standard InChI is InChI=1S/C36H69/c1-3-5-7-9-11-13-15-17-19-21-23-25-27-29-31-33-35-36-34-32-30-28-26-24-22-20-18-16-14-12-10-8-6-4-2/h13,15,34-36H,3-12,14,16-33H2,1-2H3/b15-13-,36-34?. The molecule has 0 unspecified atom stereocenters. The van der Waals surface area contributed by atoms with E-state index in [0.717, 1.165) is 0 Å². The van der Waals surface area contributed by atoms with Gasteiger partial charge in [0.15, 0.2) is 0 Å². The van der Waals surface area contributed by atoms with Crippen LogP contribution in [0.15, 0.2) is 24.3 Å². The summed E-state index contributed by atoms with van der Waals surface area (Å²) in [4.78, 5) is 0. The molecule has 0 saturated carbocycles. The van der Waals surface area contributed by atoms with E-state index in [2.05, 4.69) is 44.6 Å². The fourth-order valence-electron chi connectivity index (χ4n) is 5.08. The zero-order chi connectivity index (χ0) is 26.0.